The minimum absolute atomic E-state index is 0.175. The summed E-state index contributed by atoms with van der Waals surface area (Å²) in [5, 5.41) is 5.93. The van der Waals surface area contributed by atoms with E-state index in [0.29, 0.717) is 19.4 Å². The van der Waals surface area contributed by atoms with Crippen LogP contribution in [-0.4, -0.2) is 41.0 Å². The lowest BCUT2D eigenvalue weighted by atomic mass is 9.94. The molecule has 0 saturated carbocycles. The third-order valence-electron chi connectivity index (χ3n) is 7.03. The van der Waals surface area contributed by atoms with Crippen LogP contribution in [0.4, 0.5) is 10.5 Å². The molecule has 2 aromatic rings. The van der Waals surface area contributed by atoms with E-state index in [-0.39, 0.29) is 17.7 Å². The summed E-state index contributed by atoms with van der Waals surface area (Å²) in [6.45, 7) is 19.5. The first kappa shape index (κ1) is 31.9. The normalized spacial score (nSPS) is 13.7. The van der Waals surface area contributed by atoms with Gasteiger partial charge in [-0.3, -0.25) is 9.59 Å². The topological polar surface area (TPSA) is 87.7 Å². The SMILES string of the molecule is CCCN(C(=O)C(NC(=O)OC(C)(C)C)C(C)CC)C(C(=O)Nc1c(C)cccc1C)c1ccc(C)c(C)c1. The Morgan fingerprint density at radius 1 is 0.923 bits per heavy atom. The van der Waals surface area contributed by atoms with Gasteiger partial charge >= 0.3 is 6.09 Å². The quantitative estimate of drug-likeness (QED) is 0.350. The van der Waals surface area contributed by atoms with E-state index in [9.17, 15) is 14.4 Å². The van der Waals surface area contributed by atoms with Crippen LogP contribution >= 0.6 is 0 Å². The van der Waals surface area contributed by atoms with Crippen LogP contribution in [0.2, 0.25) is 0 Å². The van der Waals surface area contributed by atoms with Gasteiger partial charge in [0.1, 0.15) is 17.7 Å². The number of anilines is 1. The Morgan fingerprint density at radius 3 is 2.05 bits per heavy atom. The van der Waals surface area contributed by atoms with Crippen LogP contribution in [0.3, 0.4) is 0 Å². The number of rotatable bonds is 10. The Morgan fingerprint density at radius 2 is 1.54 bits per heavy atom. The van der Waals surface area contributed by atoms with Crippen LogP contribution in [0.25, 0.3) is 0 Å². The summed E-state index contributed by atoms with van der Waals surface area (Å²) >= 11 is 0. The molecule has 3 atom stereocenters. The van der Waals surface area contributed by atoms with Gasteiger partial charge in [0.05, 0.1) is 0 Å². The van der Waals surface area contributed by atoms with Crippen LogP contribution in [0.15, 0.2) is 36.4 Å². The molecular formula is C32H47N3O4. The Balaban J connectivity index is 2.60. The number of aryl methyl sites for hydroxylation is 4. The summed E-state index contributed by atoms with van der Waals surface area (Å²) in [4.78, 5) is 42.7. The number of alkyl carbamates (subject to hydrolysis) is 1. The highest BCUT2D eigenvalue weighted by Gasteiger charge is 2.38. The fraction of sp³-hybridized carbons (Fsp3) is 0.531. The molecule has 214 valence electrons. The number of carbonyl (C=O) groups excluding carboxylic acids is 3. The molecule has 7 nitrogen and oxygen atoms in total. The predicted molar refractivity (Wildman–Crippen MR) is 158 cm³/mol. The van der Waals surface area contributed by atoms with E-state index in [1.54, 1.807) is 25.7 Å². The van der Waals surface area contributed by atoms with Crippen LogP contribution in [-0.2, 0) is 14.3 Å². The molecule has 3 amide bonds. The number of hydrogen-bond donors (Lipinski definition) is 2. The van der Waals surface area contributed by atoms with E-state index in [4.69, 9.17) is 4.74 Å². The number of nitrogens with one attached hydrogen (secondary N) is 2. The van der Waals surface area contributed by atoms with E-state index >= 15 is 0 Å². The second kappa shape index (κ2) is 13.6. The van der Waals surface area contributed by atoms with E-state index in [1.807, 2.05) is 84.9 Å². The van der Waals surface area contributed by atoms with Crippen molar-refractivity contribution in [2.24, 2.45) is 5.92 Å². The Labute approximate surface area is 234 Å². The number of benzene rings is 2. The first-order valence-electron chi connectivity index (χ1n) is 13.9. The maximum atomic E-state index is 14.3. The lowest BCUT2D eigenvalue weighted by molar-refractivity contribution is -0.141. The first-order valence-corrected chi connectivity index (χ1v) is 13.9. The minimum Gasteiger partial charge on any atom is -0.444 e. The summed E-state index contributed by atoms with van der Waals surface area (Å²) in [7, 11) is 0. The molecule has 0 spiro atoms. The third kappa shape index (κ3) is 8.57. The smallest absolute Gasteiger partial charge is 0.408 e. The van der Waals surface area contributed by atoms with Gasteiger partial charge in [-0.2, -0.15) is 0 Å². The summed E-state index contributed by atoms with van der Waals surface area (Å²) in [5.74, 6) is -0.777. The monoisotopic (exact) mass is 537 g/mol. The van der Waals surface area contributed by atoms with E-state index in [1.165, 1.54) is 0 Å². The number of para-hydroxylation sites is 1. The maximum Gasteiger partial charge on any atom is 0.408 e. The number of nitrogens with zero attached hydrogens (tertiary/aromatic N) is 1. The minimum atomic E-state index is -0.886. The lowest BCUT2D eigenvalue weighted by Gasteiger charge is -2.36. The standard InChI is InChI=1S/C32H47N3O4/c1-11-18-35(30(37)27(20(3)12-2)34-31(38)39-32(8,9)10)28(25-17-16-21(4)24(7)19-25)29(36)33-26-22(5)14-13-15-23(26)6/h13-17,19-20,27-28H,11-12,18H2,1-10H3,(H,33,36)(H,34,38). The largest absolute Gasteiger partial charge is 0.444 e. The fourth-order valence-corrected chi connectivity index (χ4v) is 4.51. The van der Waals surface area contributed by atoms with Crippen molar-refractivity contribution in [2.75, 3.05) is 11.9 Å². The van der Waals surface area contributed by atoms with Crippen LogP contribution in [0.1, 0.15) is 88.2 Å². The van der Waals surface area contributed by atoms with Crippen LogP contribution < -0.4 is 10.6 Å². The van der Waals surface area contributed by atoms with Crippen molar-refractivity contribution in [1.29, 1.82) is 0 Å². The molecule has 0 radical (unpaired) electrons. The lowest BCUT2D eigenvalue weighted by Crippen LogP contribution is -2.55. The number of amides is 3. The van der Waals surface area contributed by atoms with Crippen molar-refractivity contribution >= 4 is 23.6 Å². The van der Waals surface area contributed by atoms with Crippen molar-refractivity contribution in [1.82, 2.24) is 10.2 Å². The fourth-order valence-electron chi connectivity index (χ4n) is 4.51. The number of hydrogen-bond acceptors (Lipinski definition) is 4. The Hall–Kier alpha value is -3.35. The predicted octanol–water partition coefficient (Wildman–Crippen LogP) is 6.78. The molecule has 2 aromatic carbocycles. The molecule has 39 heavy (non-hydrogen) atoms. The number of ether oxygens (including phenoxy) is 1. The Bertz CT molecular complexity index is 1150. The summed E-state index contributed by atoms with van der Waals surface area (Å²) < 4.78 is 5.48. The van der Waals surface area contributed by atoms with Gasteiger partial charge in [0.15, 0.2) is 0 Å². The molecule has 0 aliphatic carbocycles. The van der Waals surface area contributed by atoms with E-state index in [2.05, 4.69) is 10.6 Å². The second-order valence-electron chi connectivity index (χ2n) is 11.5. The average molecular weight is 538 g/mol. The molecule has 3 unspecified atom stereocenters. The van der Waals surface area contributed by atoms with Gasteiger partial charge in [0.2, 0.25) is 5.91 Å². The van der Waals surface area contributed by atoms with Crippen LogP contribution in [0.5, 0.6) is 0 Å². The van der Waals surface area contributed by atoms with Gasteiger partial charge in [-0.05, 0) is 88.6 Å². The molecule has 0 aromatic heterocycles. The molecule has 2 rings (SSSR count). The highest BCUT2D eigenvalue weighted by Crippen LogP contribution is 2.29. The van der Waals surface area contributed by atoms with Crippen molar-refractivity contribution in [2.45, 2.75) is 99.8 Å². The summed E-state index contributed by atoms with van der Waals surface area (Å²) in [6, 6.07) is 9.98. The van der Waals surface area contributed by atoms with Gasteiger partial charge in [0, 0.05) is 12.2 Å². The van der Waals surface area contributed by atoms with Gasteiger partial charge in [-0.15, -0.1) is 0 Å². The van der Waals surface area contributed by atoms with Crippen molar-refractivity contribution < 1.29 is 19.1 Å². The zero-order chi connectivity index (χ0) is 29.5. The molecule has 7 heteroatoms. The van der Waals surface area contributed by atoms with Crippen molar-refractivity contribution in [3.05, 3.63) is 64.2 Å². The maximum absolute atomic E-state index is 14.3. The summed E-state index contributed by atoms with van der Waals surface area (Å²) in [6.07, 6.45) is 0.652. The number of carbonyl (C=O) groups is 3. The molecule has 0 fully saturated rings. The highest BCUT2D eigenvalue weighted by atomic mass is 16.6. The second-order valence-corrected chi connectivity index (χ2v) is 11.5. The van der Waals surface area contributed by atoms with Crippen LogP contribution in [0, 0.1) is 33.6 Å². The molecule has 0 bridgehead atoms. The molecular weight excluding hydrogens is 490 g/mol. The van der Waals surface area contributed by atoms with Gasteiger partial charge in [0.25, 0.3) is 5.91 Å². The molecule has 0 aliphatic heterocycles. The highest BCUT2D eigenvalue weighted by molar-refractivity contribution is 6.00. The third-order valence-corrected chi connectivity index (χ3v) is 7.03. The molecule has 0 heterocycles. The average Bonchev–Trinajstić information content (AvgIpc) is 2.84. The Kier molecular flexibility index (Phi) is 11.1. The molecule has 0 aliphatic rings. The zero-order valence-corrected chi connectivity index (χ0v) is 25.4. The van der Waals surface area contributed by atoms with Gasteiger partial charge in [-0.25, -0.2) is 4.79 Å². The molecule has 0 saturated heterocycles. The van der Waals surface area contributed by atoms with Gasteiger partial charge in [-0.1, -0.05) is 63.6 Å². The van der Waals surface area contributed by atoms with Crippen molar-refractivity contribution in [3.63, 3.8) is 0 Å². The van der Waals surface area contributed by atoms with Gasteiger partial charge < -0.3 is 20.3 Å². The zero-order valence-electron chi connectivity index (χ0n) is 25.4. The summed E-state index contributed by atoms with van der Waals surface area (Å²) in [5.41, 5.74) is 4.79. The molecule has 2 N–H and O–H groups in total. The van der Waals surface area contributed by atoms with E-state index in [0.717, 1.165) is 33.5 Å². The first-order chi connectivity index (χ1) is 18.2. The van der Waals surface area contributed by atoms with Crippen molar-refractivity contribution in [3.8, 4) is 0 Å². The van der Waals surface area contributed by atoms with E-state index < -0.39 is 23.8 Å².